The zero-order valence-electron chi connectivity index (χ0n) is 19.1. The van der Waals surface area contributed by atoms with Crippen LogP contribution in [-0.4, -0.2) is 23.4 Å². The Morgan fingerprint density at radius 1 is 0.667 bits per heavy atom. The third-order valence-electron chi connectivity index (χ3n) is 6.08. The minimum absolute atomic E-state index is 0.0641. The fourth-order valence-electron chi connectivity index (χ4n) is 4.28. The van der Waals surface area contributed by atoms with Crippen molar-refractivity contribution in [1.82, 2.24) is 5.32 Å². The van der Waals surface area contributed by atoms with Gasteiger partial charge in [-0.1, -0.05) is 78.9 Å². The summed E-state index contributed by atoms with van der Waals surface area (Å²) in [6.07, 6.45) is -0.753. The quantitative estimate of drug-likeness (QED) is 0.325. The van der Waals surface area contributed by atoms with Crippen molar-refractivity contribution < 1.29 is 23.9 Å². The van der Waals surface area contributed by atoms with Gasteiger partial charge in [0.15, 0.2) is 17.3 Å². The number of fused-ring (bicyclic) bond motifs is 2. The van der Waals surface area contributed by atoms with E-state index in [-0.39, 0.29) is 40.5 Å². The minimum Gasteiger partial charge on any atom is -0.410 e. The van der Waals surface area contributed by atoms with Crippen LogP contribution in [0.4, 0.5) is 4.79 Å². The Labute approximate surface area is 207 Å². The van der Waals surface area contributed by atoms with Gasteiger partial charge in [0.1, 0.15) is 5.75 Å². The second kappa shape index (κ2) is 9.80. The van der Waals surface area contributed by atoms with Gasteiger partial charge in [-0.3, -0.25) is 14.4 Å². The monoisotopic (exact) mass is 475 g/mol. The van der Waals surface area contributed by atoms with Crippen LogP contribution in [0, 0.1) is 0 Å². The van der Waals surface area contributed by atoms with Crippen molar-refractivity contribution >= 4 is 23.4 Å². The molecule has 0 bridgehead atoms. The van der Waals surface area contributed by atoms with Gasteiger partial charge in [0.05, 0.1) is 6.04 Å². The number of Topliss-reactive ketones (excluding diaryl/α,β-unsaturated/α-hetero) is 1. The second-order valence-electron chi connectivity index (χ2n) is 8.40. The molecule has 36 heavy (non-hydrogen) atoms. The van der Waals surface area contributed by atoms with Crippen LogP contribution in [0.3, 0.4) is 0 Å². The molecule has 1 aliphatic rings. The summed E-state index contributed by atoms with van der Waals surface area (Å²) in [4.78, 5) is 51.8. The Hall–Kier alpha value is -4.84. The van der Waals surface area contributed by atoms with Gasteiger partial charge in [0.25, 0.3) is 0 Å². The van der Waals surface area contributed by atoms with Crippen LogP contribution in [0.5, 0.6) is 5.75 Å². The molecule has 5 rings (SSSR count). The number of hydrogen-bond acceptors (Lipinski definition) is 5. The van der Waals surface area contributed by atoms with Crippen LogP contribution in [0.2, 0.25) is 0 Å². The molecule has 6 nitrogen and oxygen atoms in total. The Morgan fingerprint density at radius 3 is 1.89 bits per heavy atom. The molecule has 0 spiro atoms. The highest BCUT2D eigenvalue weighted by Crippen LogP contribution is 2.29. The van der Waals surface area contributed by atoms with Crippen molar-refractivity contribution in [3.63, 3.8) is 0 Å². The molecular formula is C30H21NO5. The highest BCUT2D eigenvalue weighted by molar-refractivity contribution is 6.28. The van der Waals surface area contributed by atoms with Gasteiger partial charge in [-0.05, 0) is 29.8 Å². The number of amides is 1. The van der Waals surface area contributed by atoms with Crippen LogP contribution in [0.15, 0.2) is 103 Å². The molecule has 4 aromatic carbocycles. The van der Waals surface area contributed by atoms with Gasteiger partial charge in [0.2, 0.25) is 0 Å². The number of carbonyl (C=O) groups excluding carboxylic acids is 4. The van der Waals surface area contributed by atoms with Gasteiger partial charge in [0, 0.05) is 34.2 Å². The molecule has 0 radical (unpaired) electrons. The third-order valence-corrected chi connectivity index (χ3v) is 6.08. The van der Waals surface area contributed by atoms with Gasteiger partial charge in [-0.25, -0.2) is 4.79 Å². The maximum absolute atomic E-state index is 13.3. The minimum atomic E-state index is -0.689. The normalized spacial score (nSPS) is 12.8. The molecule has 0 fully saturated rings. The van der Waals surface area contributed by atoms with Crippen molar-refractivity contribution in [1.29, 1.82) is 0 Å². The van der Waals surface area contributed by atoms with Crippen LogP contribution < -0.4 is 10.1 Å². The van der Waals surface area contributed by atoms with Crippen LogP contribution in [0.25, 0.3) is 0 Å². The SMILES string of the molecule is O=C(N[C@H](CC(=O)c1ccc2c(c1)C(=O)c1ccccc1C2=O)c1ccccc1)Oc1ccccc1. The smallest absolute Gasteiger partial charge is 0.410 e. The molecule has 0 saturated carbocycles. The van der Waals surface area contributed by atoms with E-state index in [4.69, 9.17) is 4.74 Å². The van der Waals surface area contributed by atoms with Crippen molar-refractivity contribution in [2.45, 2.75) is 12.5 Å². The molecule has 1 atom stereocenters. The number of para-hydroxylation sites is 1. The largest absolute Gasteiger partial charge is 0.413 e. The van der Waals surface area contributed by atoms with Gasteiger partial charge < -0.3 is 10.1 Å². The number of rotatable bonds is 6. The number of nitrogens with one attached hydrogen (secondary N) is 1. The van der Waals surface area contributed by atoms with E-state index in [1.54, 1.807) is 54.6 Å². The van der Waals surface area contributed by atoms with E-state index in [0.29, 0.717) is 16.9 Å². The van der Waals surface area contributed by atoms with E-state index in [2.05, 4.69) is 5.32 Å². The molecule has 0 unspecified atom stereocenters. The molecule has 1 N–H and O–H groups in total. The maximum atomic E-state index is 13.3. The maximum Gasteiger partial charge on any atom is 0.413 e. The number of benzene rings is 4. The lowest BCUT2D eigenvalue weighted by Gasteiger charge is -2.20. The first-order valence-corrected chi connectivity index (χ1v) is 11.5. The first-order chi connectivity index (χ1) is 17.5. The summed E-state index contributed by atoms with van der Waals surface area (Å²) in [5, 5.41) is 2.77. The Balaban J connectivity index is 1.39. The van der Waals surface area contributed by atoms with Crippen molar-refractivity contribution in [2.24, 2.45) is 0 Å². The molecule has 176 valence electrons. The van der Waals surface area contributed by atoms with Gasteiger partial charge in [-0.15, -0.1) is 0 Å². The fourth-order valence-corrected chi connectivity index (χ4v) is 4.28. The molecule has 0 aromatic heterocycles. The summed E-state index contributed by atoms with van der Waals surface area (Å²) in [5.41, 5.74) is 2.19. The summed E-state index contributed by atoms with van der Waals surface area (Å²) in [6.45, 7) is 0. The second-order valence-corrected chi connectivity index (χ2v) is 8.40. The molecule has 1 aliphatic carbocycles. The van der Waals surface area contributed by atoms with E-state index in [0.717, 1.165) is 5.56 Å². The fraction of sp³-hybridized carbons (Fsp3) is 0.0667. The zero-order valence-corrected chi connectivity index (χ0v) is 19.1. The highest BCUT2D eigenvalue weighted by Gasteiger charge is 2.30. The lowest BCUT2D eigenvalue weighted by atomic mass is 9.83. The molecule has 4 aromatic rings. The third kappa shape index (κ3) is 4.57. The Morgan fingerprint density at radius 2 is 1.22 bits per heavy atom. The summed E-state index contributed by atoms with van der Waals surface area (Å²) in [6, 6.07) is 28.3. The highest BCUT2D eigenvalue weighted by atomic mass is 16.6. The Bertz CT molecular complexity index is 1480. The van der Waals surface area contributed by atoms with Crippen molar-refractivity contribution in [3.05, 3.63) is 137 Å². The van der Waals surface area contributed by atoms with Crippen molar-refractivity contribution in [2.75, 3.05) is 0 Å². The van der Waals surface area contributed by atoms with Gasteiger partial charge >= 0.3 is 6.09 Å². The van der Waals surface area contributed by atoms with E-state index < -0.39 is 12.1 Å². The Kier molecular flexibility index (Phi) is 6.24. The van der Waals surface area contributed by atoms with Crippen LogP contribution in [-0.2, 0) is 0 Å². The number of hydrogen-bond donors (Lipinski definition) is 1. The van der Waals surface area contributed by atoms with Gasteiger partial charge in [-0.2, -0.15) is 0 Å². The molecule has 0 saturated heterocycles. The average Bonchev–Trinajstić information content (AvgIpc) is 2.92. The number of ketones is 3. The summed E-state index contributed by atoms with van der Waals surface area (Å²) < 4.78 is 5.34. The van der Waals surface area contributed by atoms with E-state index in [1.807, 2.05) is 36.4 Å². The number of carbonyl (C=O) groups is 4. The number of ether oxygens (including phenoxy) is 1. The first kappa shape index (κ1) is 22.9. The van der Waals surface area contributed by atoms with Crippen LogP contribution in [0.1, 0.15) is 60.2 Å². The summed E-state index contributed by atoms with van der Waals surface area (Å²) in [7, 11) is 0. The zero-order chi connectivity index (χ0) is 25.1. The topological polar surface area (TPSA) is 89.5 Å². The molecule has 1 amide bonds. The molecule has 0 heterocycles. The van der Waals surface area contributed by atoms with Crippen LogP contribution >= 0.6 is 0 Å². The van der Waals surface area contributed by atoms with E-state index >= 15 is 0 Å². The predicted octanol–water partition coefficient (Wildman–Crippen LogP) is 5.56. The first-order valence-electron chi connectivity index (χ1n) is 11.5. The molecule has 0 aliphatic heterocycles. The predicted molar refractivity (Wildman–Crippen MR) is 133 cm³/mol. The lowest BCUT2D eigenvalue weighted by Crippen LogP contribution is -2.32. The molecule has 6 heteroatoms. The standard InChI is InChI=1S/C30H21NO5/c32-27(20-15-16-24-25(17-20)29(34)23-14-8-7-13-22(23)28(24)33)18-26(19-9-3-1-4-10-19)31-30(35)36-21-11-5-2-6-12-21/h1-17,26H,18H2,(H,31,35)/t26-/m1/s1. The van der Waals surface area contributed by atoms with E-state index in [9.17, 15) is 19.2 Å². The van der Waals surface area contributed by atoms with Crippen molar-refractivity contribution in [3.8, 4) is 5.75 Å². The summed E-state index contributed by atoms with van der Waals surface area (Å²) >= 11 is 0. The average molecular weight is 476 g/mol. The summed E-state index contributed by atoms with van der Waals surface area (Å²) in [5.74, 6) is -0.442. The lowest BCUT2D eigenvalue weighted by molar-refractivity contribution is 0.0964. The van der Waals surface area contributed by atoms with E-state index in [1.165, 1.54) is 12.1 Å². The molecular weight excluding hydrogens is 454 g/mol.